The number of hydrogen-bond acceptors (Lipinski definition) is 2. The topological polar surface area (TPSA) is 38.3 Å². The number of carbonyl (C=O) groups excluding carboxylic acids is 1. The normalized spacial score (nSPS) is 9.67. The van der Waals surface area contributed by atoms with Crippen molar-refractivity contribution in [1.29, 1.82) is 0 Å². The van der Waals surface area contributed by atoms with Crippen LogP contribution in [0.25, 0.3) is 0 Å². The van der Waals surface area contributed by atoms with Crippen molar-refractivity contribution in [2.24, 2.45) is 0 Å². The van der Waals surface area contributed by atoms with Gasteiger partial charge >= 0.3 is 6.09 Å². The van der Waals surface area contributed by atoms with Gasteiger partial charge in [0.05, 0.1) is 0 Å². The number of carbonyl (C=O) groups is 1. The molecule has 0 aromatic heterocycles. The summed E-state index contributed by atoms with van der Waals surface area (Å²) in [5.41, 5.74) is 1.29. The third-order valence-electron chi connectivity index (χ3n) is 1.94. The van der Waals surface area contributed by atoms with Crippen LogP contribution in [-0.2, 0) is 11.2 Å². The zero-order chi connectivity index (χ0) is 10.9. The van der Waals surface area contributed by atoms with E-state index in [1.54, 1.807) is 0 Å². The Bertz CT molecular complexity index is 290. The summed E-state index contributed by atoms with van der Waals surface area (Å²) in [5.74, 6) is 0. The fourth-order valence-corrected chi connectivity index (χ4v) is 1.51. The van der Waals surface area contributed by atoms with Crippen LogP contribution >= 0.6 is 22.6 Å². The summed E-state index contributed by atoms with van der Waals surface area (Å²) in [5, 5.41) is 2.69. The van der Waals surface area contributed by atoms with Crippen LogP contribution in [0, 0.1) is 0 Å². The molecule has 0 fully saturated rings. The highest BCUT2D eigenvalue weighted by atomic mass is 127. The van der Waals surface area contributed by atoms with E-state index < -0.39 is 0 Å². The first-order valence-corrected chi connectivity index (χ1v) is 6.36. The van der Waals surface area contributed by atoms with Crippen LogP contribution in [0.2, 0.25) is 0 Å². The number of benzene rings is 1. The van der Waals surface area contributed by atoms with Crippen LogP contribution in [0.15, 0.2) is 30.3 Å². The molecule has 0 radical (unpaired) electrons. The average Bonchev–Trinajstić information content (AvgIpc) is 2.26. The molecule has 1 aromatic carbocycles. The number of alkyl carbamates (subject to hydrolysis) is 1. The molecule has 0 aliphatic rings. The Morgan fingerprint density at radius 1 is 1.33 bits per heavy atom. The van der Waals surface area contributed by atoms with Crippen LogP contribution in [0.1, 0.15) is 12.0 Å². The van der Waals surface area contributed by atoms with Gasteiger partial charge in [0.1, 0.15) is 4.61 Å². The largest absolute Gasteiger partial charge is 0.439 e. The van der Waals surface area contributed by atoms with Crippen LogP contribution in [0.4, 0.5) is 4.79 Å². The van der Waals surface area contributed by atoms with Crippen molar-refractivity contribution >= 4 is 28.7 Å². The Labute approximate surface area is 103 Å². The lowest BCUT2D eigenvalue weighted by Gasteiger charge is -2.04. The van der Waals surface area contributed by atoms with Gasteiger partial charge in [-0.1, -0.05) is 30.3 Å². The van der Waals surface area contributed by atoms with Gasteiger partial charge in [-0.3, -0.25) is 0 Å². The minimum Gasteiger partial charge on any atom is -0.439 e. The lowest BCUT2D eigenvalue weighted by Crippen LogP contribution is -2.25. The Kier molecular flexibility index (Phi) is 6.15. The van der Waals surface area contributed by atoms with E-state index in [2.05, 4.69) is 17.4 Å². The predicted molar refractivity (Wildman–Crippen MR) is 68.1 cm³/mol. The molecule has 0 unspecified atom stereocenters. The lowest BCUT2D eigenvalue weighted by molar-refractivity contribution is 0.168. The minimum absolute atomic E-state index is 0.336. The maximum atomic E-state index is 10.9. The Morgan fingerprint density at radius 3 is 2.73 bits per heavy atom. The van der Waals surface area contributed by atoms with Crippen LogP contribution in [0.5, 0.6) is 0 Å². The maximum absolute atomic E-state index is 10.9. The van der Waals surface area contributed by atoms with Crippen molar-refractivity contribution in [2.75, 3.05) is 11.2 Å². The van der Waals surface area contributed by atoms with E-state index >= 15 is 0 Å². The Morgan fingerprint density at radius 2 is 2.07 bits per heavy atom. The first kappa shape index (κ1) is 12.3. The molecule has 0 spiro atoms. The molecule has 0 atom stereocenters. The van der Waals surface area contributed by atoms with Gasteiger partial charge in [-0.25, -0.2) is 4.79 Å². The van der Waals surface area contributed by atoms with E-state index in [1.165, 1.54) is 5.56 Å². The predicted octanol–water partition coefficient (Wildman–Crippen LogP) is 2.74. The number of aryl methyl sites for hydroxylation is 1. The van der Waals surface area contributed by atoms with Gasteiger partial charge in [-0.15, -0.1) is 0 Å². The maximum Gasteiger partial charge on any atom is 0.407 e. The summed E-state index contributed by atoms with van der Waals surface area (Å²) in [6.07, 6.45) is 1.57. The number of alkyl halides is 1. The van der Waals surface area contributed by atoms with Crippen molar-refractivity contribution in [3.05, 3.63) is 35.9 Å². The fraction of sp³-hybridized carbons (Fsp3) is 0.364. The van der Waals surface area contributed by atoms with Crippen LogP contribution < -0.4 is 5.32 Å². The van der Waals surface area contributed by atoms with E-state index in [4.69, 9.17) is 4.74 Å². The summed E-state index contributed by atoms with van der Waals surface area (Å²) in [6, 6.07) is 10.2. The van der Waals surface area contributed by atoms with E-state index in [-0.39, 0.29) is 6.09 Å². The fourth-order valence-electron chi connectivity index (χ4n) is 1.23. The third-order valence-corrected chi connectivity index (χ3v) is 2.25. The lowest BCUT2D eigenvalue weighted by atomic mass is 10.1. The third kappa shape index (κ3) is 5.61. The molecule has 0 aliphatic heterocycles. The minimum atomic E-state index is -0.336. The summed E-state index contributed by atoms with van der Waals surface area (Å²) >= 11 is 1.99. The molecule has 4 heteroatoms. The van der Waals surface area contributed by atoms with Crippen LogP contribution in [-0.4, -0.2) is 17.3 Å². The number of nitrogens with one attached hydrogen (secondary N) is 1. The molecule has 1 rings (SSSR count). The standard InChI is InChI=1S/C11H14INO2/c12-9-15-11(14)13-8-4-7-10-5-2-1-3-6-10/h1-3,5-6H,4,7-9H2,(H,13,14). The molecule has 1 amide bonds. The van der Waals surface area contributed by atoms with Crippen molar-refractivity contribution < 1.29 is 9.53 Å². The molecule has 3 nitrogen and oxygen atoms in total. The van der Waals surface area contributed by atoms with Gasteiger partial charge in [0, 0.05) is 6.54 Å². The second kappa shape index (κ2) is 7.50. The van der Waals surface area contributed by atoms with Gasteiger partial charge in [-0.2, -0.15) is 0 Å². The number of hydrogen-bond donors (Lipinski definition) is 1. The highest BCUT2D eigenvalue weighted by Gasteiger charge is 1.98. The molecule has 1 aromatic rings. The van der Waals surface area contributed by atoms with Crippen LogP contribution in [0.3, 0.4) is 0 Å². The first-order valence-electron chi connectivity index (χ1n) is 4.83. The molecule has 1 N–H and O–H groups in total. The van der Waals surface area contributed by atoms with Crippen molar-refractivity contribution in [2.45, 2.75) is 12.8 Å². The molecule has 0 bridgehead atoms. The SMILES string of the molecule is O=C(NCCCc1ccccc1)OCI. The van der Waals surface area contributed by atoms with Crippen molar-refractivity contribution in [1.82, 2.24) is 5.32 Å². The number of halogens is 1. The summed E-state index contributed by atoms with van der Waals surface area (Å²) in [6.45, 7) is 0.657. The van der Waals surface area contributed by atoms with E-state index in [9.17, 15) is 4.79 Å². The highest BCUT2D eigenvalue weighted by Crippen LogP contribution is 2.01. The quantitative estimate of drug-likeness (QED) is 0.515. The summed E-state index contributed by atoms with van der Waals surface area (Å²) in [7, 11) is 0. The molecular formula is C11H14INO2. The zero-order valence-corrected chi connectivity index (χ0v) is 10.6. The number of rotatable bonds is 5. The van der Waals surface area contributed by atoms with E-state index in [0.717, 1.165) is 12.8 Å². The molecule has 0 heterocycles. The smallest absolute Gasteiger partial charge is 0.407 e. The summed E-state index contributed by atoms with van der Waals surface area (Å²) in [4.78, 5) is 10.9. The summed E-state index contributed by atoms with van der Waals surface area (Å²) < 4.78 is 5.12. The molecule has 82 valence electrons. The van der Waals surface area contributed by atoms with Crippen molar-refractivity contribution in [3.63, 3.8) is 0 Å². The van der Waals surface area contributed by atoms with Crippen molar-refractivity contribution in [3.8, 4) is 0 Å². The van der Waals surface area contributed by atoms with E-state index in [1.807, 2.05) is 40.8 Å². The van der Waals surface area contributed by atoms with Gasteiger partial charge < -0.3 is 10.1 Å². The number of ether oxygens (including phenoxy) is 1. The first-order chi connectivity index (χ1) is 7.33. The van der Waals surface area contributed by atoms with Gasteiger partial charge in [0.25, 0.3) is 0 Å². The highest BCUT2D eigenvalue weighted by molar-refractivity contribution is 14.1. The Hall–Kier alpha value is -0.780. The molecular weight excluding hydrogens is 305 g/mol. The zero-order valence-electron chi connectivity index (χ0n) is 8.41. The molecule has 0 aliphatic carbocycles. The molecule has 0 saturated carbocycles. The number of amides is 1. The monoisotopic (exact) mass is 319 g/mol. The Balaban J connectivity index is 2.10. The van der Waals surface area contributed by atoms with Gasteiger partial charge in [0.15, 0.2) is 0 Å². The van der Waals surface area contributed by atoms with Gasteiger partial charge in [0.2, 0.25) is 0 Å². The second-order valence-electron chi connectivity index (χ2n) is 3.06. The van der Waals surface area contributed by atoms with E-state index in [0.29, 0.717) is 11.2 Å². The van der Waals surface area contributed by atoms with Gasteiger partial charge in [-0.05, 0) is 41.0 Å². The average molecular weight is 319 g/mol. The second-order valence-corrected chi connectivity index (χ2v) is 3.68. The molecule has 0 saturated heterocycles. The molecule has 15 heavy (non-hydrogen) atoms.